The summed E-state index contributed by atoms with van der Waals surface area (Å²) in [6, 6.07) is 7.93. The van der Waals surface area contributed by atoms with E-state index >= 15 is 0 Å². The number of halogens is 1. The molecule has 1 heterocycles. The minimum Gasteiger partial charge on any atom is -0.494 e. The van der Waals surface area contributed by atoms with Crippen LogP contribution in [0.5, 0.6) is 5.75 Å². The second-order valence-electron chi connectivity index (χ2n) is 5.21. The van der Waals surface area contributed by atoms with Crippen molar-refractivity contribution in [2.45, 2.75) is 38.6 Å². The zero-order valence-corrected chi connectivity index (χ0v) is 13.4. The predicted molar refractivity (Wildman–Crippen MR) is 87.5 cm³/mol. The first-order valence-corrected chi connectivity index (χ1v) is 7.54. The SMILES string of the molecule is CCCOc1cccc(C(=O)NCC[C@H]2CCCN2)c1.Cl. The minimum atomic E-state index is -0.0232. The molecular weight excluding hydrogens is 288 g/mol. The van der Waals surface area contributed by atoms with Crippen LogP contribution in [0.15, 0.2) is 24.3 Å². The molecule has 1 atom stereocenters. The van der Waals surface area contributed by atoms with Gasteiger partial charge in [-0.2, -0.15) is 0 Å². The van der Waals surface area contributed by atoms with E-state index in [9.17, 15) is 4.79 Å². The molecule has 5 heteroatoms. The molecule has 1 aliphatic heterocycles. The van der Waals surface area contributed by atoms with Crippen LogP contribution in [-0.2, 0) is 0 Å². The number of carbonyl (C=O) groups excluding carboxylic acids is 1. The molecule has 0 aromatic heterocycles. The zero-order valence-electron chi connectivity index (χ0n) is 12.6. The third kappa shape index (κ3) is 5.94. The predicted octanol–water partition coefficient (Wildman–Crippen LogP) is 2.77. The molecule has 21 heavy (non-hydrogen) atoms. The van der Waals surface area contributed by atoms with E-state index in [1.807, 2.05) is 18.2 Å². The Bertz CT molecular complexity index is 434. The topological polar surface area (TPSA) is 50.4 Å². The first kappa shape index (κ1) is 17.8. The highest BCUT2D eigenvalue weighted by atomic mass is 35.5. The second kappa shape index (κ2) is 9.64. The van der Waals surface area contributed by atoms with Crippen molar-refractivity contribution >= 4 is 18.3 Å². The van der Waals surface area contributed by atoms with E-state index < -0.39 is 0 Å². The van der Waals surface area contributed by atoms with Gasteiger partial charge in [0.15, 0.2) is 0 Å². The summed E-state index contributed by atoms with van der Waals surface area (Å²) in [7, 11) is 0. The standard InChI is InChI=1S/C16H24N2O2.ClH/c1-2-11-20-15-7-3-5-13(12-15)16(19)18-10-8-14-6-4-9-17-14;/h3,5,7,12,14,17H,2,4,6,8-11H2,1H3,(H,18,19);1H/t14-;/m1./s1. The first-order chi connectivity index (χ1) is 9.79. The summed E-state index contributed by atoms with van der Waals surface area (Å²) in [6.07, 6.45) is 4.42. The van der Waals surface area contributed by atoms with Crippen molar-refractivity contribution in [3.63, 3.8) is 0 Å². The maximum atomic E-state index is 12.1. The lowest BCUT2D eigenvalue weighted by molar-refractivity contribution is 0.0952. The van der Waals surface area contributed by atoms with E-state index in [1.54, 1.807) is 6.07 Å². The summed E-state index contributed by atoms with van der Waals surface area (Å²) in [4.78, 5) is 12.1. The molecule has 1 saturated heterocycles. The summed E-state index contributed by atoms with van der Waals surface area (Å²) in [5, 5.41) is 6.41. The van der Waals surface area contributed by atoms with Crippen molar-refractivity contribution < 1.29 is 9.53 Å². The van der Waals surface area contributed by atoms with Crippen LogP contribution in [0.4, 0.5) is 0 Å². The maximum absolute atomic E-state index is 12.1. The molecule has 4 nitrogen and oxygen atoms in total. The van der Waals surface area contributed by atoms with Crippen LogP contribution in [0, 0.1) is 0 Å². The van der Waals surface area contributed by atoms with Crippen LogP contribution in [0.25, 0.3) is 0 Å². The Kier molecular flexibility index (Phi) is 8.16. The van der Waals surface area contributed by atoms with Gasteiger partial charge < -0.3 is 15.4 Å². The van der Waals surface area contributed by atoms with Gasteiger partial charge in [0.05, 0.1) is 6.61 Å². The molecule has 1 fully saturated rings. The number of rotatable bonds is 7. The maximum Gasteiger partial charge on any atom is 0.251 e. The molecule has 1 aromatic rings. The fourth-order valence-corrected chi connectivity index (χ4v) is 2.41. The Balaban J connectivity index is 0.00000220. The van der Waals surface area contributed by atoms with E-state index in [0.717, 1.165) is 31.7 Å². The van der Waals surface area contributed by atoms with Crippen LogP contribution < -0.4 is 15.4 Å². The van der Waals surface area contributed by atoms with Crippen molar-refractivity contribution in [2.24, 2.45) is 0 Å². The van der Waals surface area contributed by atoms with E-state index in [0.29, 0.717) is 18.2 Å². The van der Waals surface area contributed by atoms with Gasteiger partial charge in [0.1, 0.15) is 5.75 Å². The average Bonchev–Trinajstić information content (AvgIpc) is 2.98. The normalized spacial score (nSPS) is 17.1. The third-order valence-electron chi connectivity index (χ3n) is 3.51. The molecule has 1 aromatic carbocycles. The summed E-state index contributed by atoms with van der Waals surface area (Å²) in [5.74, 6) is 0.738. The molecule has 0 radical (unpaired) electrons. The Hall–Kier alpha value is -1.26. The van der Waals surface area contributed by atoms with Crippen molar-refractivity contribution in [1.29, 1.82) is 0 Å². The van der Waals surface area contributed by atoms with E-state index in [1.165, 1.54) is 12.8 Å². The van der Waals surface area contributed by atoms with Gasteiger partial charge in [-0.25, -0.2) is 0 Å². The summed E-state index contributed by atoms with van der Waals surface area (Å²) >= 11 is 0. The smallest absolute Gasteiger partial charge is 0.251 e. The van der Waals surface area contributed by atoms with E-state index in [2.05, 4.69) is 17.6 Å². The van der Waals surface area contributed by atoms with E-state index in [-0.39, 0.29) is 18.3 Å². The van der Waals surface area contributed by atoms with Gasteiger partial charge in [-0.05, 0) is 50.4 Å². The van der Waals surface area contributed by atoms with Crippen LogP contribution >= 0.6 is 12.4 Å². The van der Waals surface area contributed by atoms with Crippen LogP contribution in [-0.4, -0.2) is 31.6 Å². The van der Waals surface area contributed by atoms with Crippen LogP contribution in [0.1, 0.15) is 43.0 Å². The number of nitrogens with one attached hydrogen (secondary N) is 2. The largest absolute Gasteiger partial charge is 0.494 e. The Morgan fingerprint density at radius 2 is 2.33 bits per heavy atom. The molecule has 0 aliphatic carbocycles. The molecule has 2 N–H and O–H groups in total. The molecule has 118 valence electrons. The van der Waals surface area contributed by atoms with Crippen molar-refractivity contribution in [3.8, 4) is 5.75 Å². The summed E-state index contributed by atoms with van der Waals surface area (Å²) in [6.45, 7) is 4.57. The number of hydrogen-bond acceptors (Lipinski definition) is 3. The van der Waals surface area contributed by atoms with Gasteiger partial charge >= 0.3 is 0 Å². The number of carbonyl (C=O) groups is 1. The monoisotopic (exact) mass is 312 g/mol. The molecule has 0 saturated carbocycles. The second-order valence-corrected chi connectivity index (χ2v) is 5.21. The fourth-order valence-electron chi connectivity index (χ4n) is 2.41. The van der Waals surface area contributed by atoms with Gasteiger partial charge in [-0.1, -0.05) is 13.0 Å². The van der Waals surface area contributed by atoms with E-state index in [4.69, 9.17) is 4.74 Å². The molecule has 0 unspecified atom stereocenters. The van der Waals surface area contributed by atoms with Crippen molar-refractivity contribution in [3.05, 3.63) is 29.8 Å². The summed E-state index contributed by atoms with van der Waals surface area (Å²) < 4.78 is 5.54. The number of amides is 1. The molecule has 1 aliphatic rings. The number of hydrogen-bond donors (Lipinski definition) is 2. The van der Waals surface area contributed by atoms with Gasteiger partial charge in [-0.3, -0.25) is 4.79 Å². The molecular formula is C16H25ClN2O2. The van der Waals surface area contributed by atoms with Crippen LogP contribution in [0.3, 0.4) is 0 Å². The third-order valence-corrected chi connectivity index (χ3v) is 3.51. The highest BCUT2D eigenvalue weighted by Crippen LogP contribution is 2.14. The number of benzene rings is 1. The Labute approximate surface area is 133 Å². The average molecular weight is 313 g/mol. The van der Waals surface area contributed by atoms with Crippen molar-refractivity contribution in [1.82, 2.24) is 10.6 Å². The lowest BCUT2D eigenvalue weighted by Gasteiger charge is -2.11. The highest BCUT2D eigenvalue weighted by molar-refractivity contribution is 5.94. The van der Waals surface area contributed by atoms with Gasteiger partial charge in [0.2, 0.25) is 0 Å². The van der Waals surface area contributed by atoms with Gasteiger partial charge in [0.25, 0.3) is 5.91 Å². The molecule has 0 bridgehead atoms. The lowest BCUT2D eigenvalue weighted by Crippen LogP contribution is -2.30. The minimum absolute atomic E-state index is 0. The van der Waals surface area contributed by atoms with Crippen molar-refractivity contribution in [2.75, 3.05) is 19.7 Å². The fraction of sp³-hybridized carbons (Fsp3) is 0.562. The zero-order chi connectivity index (χ0) is 14.2. The van der Waals surface area contributed by atoms with Crippen LogP contribution in [0.2, 0.25) is 0 Å². The Morgan fingerprint density at radius 3 is 3.05 bits per heavy atom. The quantitative estimate of drug-likeness (QED) is 0.814. The molecule has 1 amide bonds. The molecule has 0 spiro atoms. The summed E-state index contributed by atoms with van der Waals surface area (Å²) in [5.41, 5.74) is 0.665. The lowest BCUT2D eigenvalue weighted by atomic mass is 10.1. The first-order valence-electron chi connectivity index (χ1n) is 7.54. The van der Waals surface area contributed by atoms with Gasteiger partial charge in [-0.15, -0.1) is 12.4 Å². The Morgan fingerprint density at radius 1 is 1.48 bits per heavy atom. The number of ether oxygens (including phenoxy) is 1. The van der Waals surface area contributed by atoms with Gasteiger partial charge in [0, 0.05) is 18.2 Å². The highest BCUT2D eigenvalue weighted by Gasteiger charge is 2.14. The molecule has 2 rings (SSSR count).